The molecule has 0 saturated heterocycles. The smallest absolute Gasteiger partial charge is 0.0701 e. The Bertz CT molecular complexity index is 492. The van der Waals surface area contributed by atoms with Crippen LogP contribution < -0.4 is 5.32 Å². The molecule has 0 fully saturated rings. The summed E-state index contributed by atoms with van der Waals surface area (Å²) < 4.78 is 1.20. The molecule has 3 heteroatoms. The van der Waals surface area contributed by atoms with Crippen molar-refractivity contribution in [1.29, 1.82) is 0 Å². The highest BCUT2D eigenvalue weighted by Gasteiger charge is 2.15. The number of nitrogens with one attached hydrogen (secondary N) is 1. The fourth-order valence-electron chi connectivity index (χ4n) is 2.24. The van der Waals surface area contributed by atoms with E-state index in [0.29, 0.717) is 11.8 Å². The summed E-state index contributed by atoms with van der Waals surface area (Å²) >= 11 is 5.30. The van der Waals surface area contributed by atoms with Gasteiger partial charge in [-0.2, -0.15) is 0 Å². The Labute approximate surface area is 128 Å². The van der Waals surface area contributed by atoms with Gasteiger partial charge in [0.25, 0.3) is 0 Å². The Morgan fingerprint density at radius 2 is 1.84 bits per heavy atom. The SMILES string of the molecule is CC(C)C(CNCc1ccc(Br)s1)c1ccccc1. The Balaban J connectivity index is 1.91. The fourth-order valence-corrected chi connectivity index (χ4v) is 3.69. The average Bonchev–Trinajstić information content (AvgIpc) is 2.81. The van der Waals surface area contributed by atoms with Crippen LogP contribution in [0, 0.1) is 5.92 Å². The van der Waals surface area contributed by atoms with Crippen molar-refractivity contribution in [2.45, 2.75) is 26.3 Å². The Kier molecular flexibility index (Phi) is 5.61. The van der Waals surface area contributed by atoms with Crippen molar-refractivity contribution in [3.63, 3.8) is 0 Å². The first-order valence-electron chi connectivity index (χ1n) is 6.66. The van der Waals surface area contributed by atoms with E-state index in [2.05, 4.69) is 77.6 Å². The van der Waals surface area contributed by atoms with Gasteiger partial charge in [-0.05, 0) is 45.5 Å². The minimum Gasteiger partial charge on any atom is -0.311 e. The molecule has 0 aliphatic rings. The predicted molar refractivity (Wildman–Crippen MR) is 87.7 cm³/mol. The third-order valence-electron chi connectivity index (χ3n) is 3.32. The molecule has 2 aromatic rings. The van der Waals surface area contributed by atoms with Gasteiger partial charge in [-0.3, -0.25) is 0 Å². The Hall–Kier alpha value is -0.640. The molecule has 1 unspecified atom stereocenters. The number of hydrogen-bond donors (Lipinski definition) is 1. The lowest BCUT2D eigenvalue weighted by Crippen LogP contribution is -2.24. The molecule has 1 aromatic carbocycles. The third kappa shape index (κ3) is 4.44. The molecule has 1 N–H and O–H groups in total. The molecule has 19 heavy (non-hydrogen) atoms. The van der Waals surface area contributed by atoms with Crippen LogP contribution in [0.5, 0.6) is 0 Å². The van der Waals surface area contributed by atoms with Crippen molar-refractivity contribution in [3.8, 4) is 0 Å². The highest BCUT2D eigenvalue weighted by atomic mass is 79.9. The van der Waals surface area contributed by atoms with Gasteiger partial charge in [-0.1, -0.05) is 44.2 Å². The first kappa shape index (κ1) is 14.8. The molecule has 1 nitrogen and oxygen atoms in total. The lowest BCUT2D eigenvalue weighted by Gasteiger charge is -2.21. The summed E-state index contributed by atoms with van der Waals surface area (Å²) in [6, 6.07) is 15.1. The van der Waals surface area contributed by atoms with E-state index < -0.39 is 0 Å². The molecule has 0 spiro atoms. The molecule has 0 aliphatic heterocycles. The van der Waals surface area contributed by atoms with E-state index in [1.807, 2.05) is 0 Å². The largest absolute Gasteiger partial charge is 0.311 e. The van der Waals surface area contributed by atoms with E-state index in [-0.39, 0.29) is 0 Å². The Morgan fingerprint density at radius 3 is 2.42 bits per heavy atom. The number of benzene rings is 1. The minimum absolute atomic E-state index is 0.574. The molecule has 0 bridgehead atoms. The van der Waals surface area contributed by atoms with Crippen LogP contribution in [0.3, 0.4) is 0 Å². The molecular formula is C16H20BrNS. The molecule has 0 saturated carbocycles. The van der Waals surface area contributed by atoms with Crippen LogP contribution in [0.4, 0.5) is 0 Å². The van der Waals surface area contributed by atoms with Gasteiger partial charge >= 0.3 is 0 Å². The highest BCUT2D eigenvalue weighted by Crippen LogP contribution is 2.24. The summed E-state index contributed by atoms with van der Waals surface area (Å²) in [5.74, 6) is 1.22. The minimum atomic E-state index is 0.574. The van der Waals surface area contributed by atoms with Gasteiger partial charge in [-0.15, -0.1) is 11.3 Å². The van der Waals surface area contributed by atoms with Gasteiger partial charge in [-0.25, -0.2) is 0 Å². The van der Waals surface area contributed by atoms with Crippen LogP contribution in [-0.4, -0.2) is 6.54 Å². The zero-order chi connectivity index (χ0) is 13.7. The van der Waals surface area contributed by atoms with Gasteiger partial charge in [0.05, 0.1) is 3.79 Å². The lowest BCUT2D eigenvalue weighted by molar-refractivity contribution is 0.462. The summed E-state index contributed by atoms with van der Waals surface area (Å²) in [5.41, 5.74) is 1.43. The monoisotopic (exact) mass is 337 g/mol. The number of rotatable bonds is 6. The van der Waals surface area contributed by atoms with Crippen LogP contribution in [-0.2, 0) is 6.54 Å². The normalized spacial score (nSPS) is 12.8. The second-order valence-corrected chi connectivity index (χ2v) is 7.65. The molecule has 102 valence electrons. The molecule has 1 atom stereocenters. The molecule has 2 rings (SSSR count). The van der Waals surface area contributed by atoms with E-state index >= 15 is 0 Å². The summed E-state index contributed by atoms with van der Waals surface area (Å²) in [7, 11) is 0. The van der Waals surface area contributed by atoms with Gasteiger partial charge in [0.15, 0.2) is 0 Å². The maximum absolute atomic E-state index is 3.58. The molecule has 0 radical (unpaired) electrons. The fraction of sp³-hybridized carbons (Fsp3) is 0.375. The Morgan fingerprint density at radius 1 is 1.11 bits per heavy atom. The topological polar surface area (TPSA) is 12.0 Å². The van der Waals surface area contributed by atoms with Gasteiger partial charge in [0, 0.05) is 18.0 Å². The maximum Gasteiger partial charge on any atom is 0.0701 e. The molecular weight excluding hydrogens is 318 g/mol. The lowest BCUT2D eigenvalue weighted by atomic mass is 9.88. The van der Waals surface area contributed by atoms with Crippen molar-refractivity contribution in [2.24, 2.45) is 5.92 Å². The van der Waals surface area contributed by atoms with Crippen LogP contribution >= 0.6 is 27.3 Å². The second kappa shape index (κ2) is 7.22. The van der Waals surface area contributed by atoms with E-state index in [1.165, 1.54) is 14.2 Å². The van der Waals surface area contributed by atoms with E-state index in [4.69, 9.17) is 0 Å². The van der Waals surface area contributed by atoms with E-state index in [9.17, 15) is 0 Å². The van der Waals surface area contributed by atoms with Crippen LogP contribution in [0.1, 0.15) is 30.2 Å². The van der Waals surface area contributed by atoms with Gasteiger partial charge < -0.3 is 5.32 Å². The summed E-state index contributed by atoms with van der Waals surface area (Å²) in [4.78, 5) is 1.38. The van der Waals surface area contributed by atoms with Crippen molar-refractivity contribution in [3.05, 3.63) is 56.7 Å². The van der Waals surface area contributed by atoms with Crippen molar-refractivity contribution >= 4 is 27.3 Å². The molecule has 0 aliphatic carbocycles. The average molecular weight is 338 g/mol. The first-order valence-corrected chi connectivity index (χ1v) is 8.27. The van der Waals surface area contributed by atoms with Crippen LogP contribution in [0.2, 0.25) is 0 Å². The zero-order valence-corrected chi connectivity index (χ0v) is 13.8. The standard InChI is InChI=1S/C16H20BrNS/c1-12(2)15(13-6-4-3-5-7-13)11-18-10-14-8-9-16(17)19-14/h3-9,12,15,18H,10-11H2,1-2H3. The van der Waals surface area contributed by atoms with E-state index in [1.54, 1.807) is 11.3 Å². The number of hydrogen-bond acceptors (Lipinski definition) is 2. The highest BCUT2D eigenvalue weighted by molar-refractivity contribution is 9.11. The summed E-state index contributed by atoms with van der Waals surface area (Å²) in [6.45, 7) is 6.56. The van der Waals surface area contributed by atoms with E-state index in [0.717, 1.165) is 13.1 Å². The van der Waals surface area contributed by atoms with Crippen molar-refractivity contribution in [1.82, 2.24) is 5.32 Å². The summed E-state index contributed by atoms with van der Waals surface area (Å²) in [5, 5.41) is 3.58. The molecule has 1 aromatic heterocycles. The number of halogens is 1. The van der Waals surface area contributed by atoms with Crippen molar-refractivity contribution in [2.75, 3.05) is 6.54 Å². The van der Waals surface area contributed by atoms with Crippen LogP contribution in [0.15, 0.2) is 46.3 Å². The summed E-state index contributed by atoms with van der Waals surface area (Å²) in [6.07, 6.45) is 0. The molecule has 1 heterocycles. The van der Waals surface area contributed by atoms with Crippen molar-refractivity contribution < 1.29 is 0 Å². The zero-order valence-electron chi connectivity index (χ0n) is 11.4. The quantitative estimate of drug-likeness (QED) is 0.778. The maximum atomic E-state index is 3.58. The molecule has 0 amide bonds. The number of thiophene rings is 1. The van der Waals surface area contributed by atoms with Gasteiger partial charge in [0.1, 0.15) is 0 Å². The first-order chi connectivity index (χ1) is 9.16. The second-order valence-electron chi connectivity index (χ2n) is 5.10. The third-order valence-corrected chi connectivity index (χ3v) is 4.95. The van der Waals surface area contributed by atoms with Gasteiger partial charge in [0.2, 0.25) is 0 Å². The van der Waals surface area contributed by atoms with Crippen LogP contribution in [0.25, 0.3) is 0 Å². The predicted octanol–water partition coefficient (Wildman–Crippen LogP) is 5.04.